The van der Waals surface area contributed by atoms with Crippen molar-refractivity contribution >= 4 is 52.1 Å². The predicted molar refractivity (Wildman–Crippen MR) is 125 cm³/mol. The molecule has 2 heterocycles. The van der Waals surface area contributed by atoms with Crippen LogP contribution >= 0.6 is 11.8 Å². The molecule has 1 saturated heterocycles. The summed E-state index contributed by atoms with van der Waals surface area (Å²) in [7, 11) is 0. The Morgan fingerprint density at radius 3 is 2.66 bits per heavy atom. The van der Waals surface area contributed by atoms with E-state index in [9.17, 15) is 14.0 Å². The van der Waals surface area contributed by atoms with Crippen molar-refractivity contribution in [3.63, 3.8) is 0 Å². The van der Waals surface area contributed by atoms with Gasteiger partial charge in [-0.1, -0.05) is 24.3 Å². The molecule has 7 heteroatoms. The Balaban J connectivity index is 1.28. The summed E-state index contributed by atoms with van der Waals surface area (Å²) in [5, 5.41) is 0.547. The van der Waals surface area contributed by atoms with Crippen LogP contribution in [0.4, 0.5) is 15.8 Å². The summed E-state index contributed by atoms with van der Waals surface area (Å²) >= 11 is 1.36. The van der Waals surface area contributed by atoms with Gasteiger partial charge in [0.15, 0.2) is 0 Å². The van der Waals surface area contributed by atoms with Gasteiger partial charge < -0.3 is 4.98 Å². The molecule has 0 spiro atoms. The molecule has 1 aliphatic rings. The third-order valence-electron chi connectivity index (χ3n) is 5.28. The predicted octanol–water partition coefficient (Wildman–Crippen LogP) is 5.48. The first-order valence-electron chi connectivity index (χ1n) is 10.1. The van der Waals surface area contributed by atoms with Gasteiger partial charge in [-0.15, -0.1) is 11.8 Å². The molecule has 1 N–H and O–H groups in total. The van der Waals surface area contributed by atoms with Crippen molar-refractivity contribution in [1.29, 1.82) is 0 Å². The van der Waals surface area contributed by atoms with Crippen LogP contribution in [0, 0.1) is 5.82 Å². The zero-order valence-corrected chi connectivity index (χ0v) is 17.7. The number of imide groups is 1. The first kappa shape index (κ1) is 20.2. The first-order valence-corrected chi connectivity index (χ1v) is 11.0. The van der Waals surface area contributed by atoms with Crippen molar-refractivity contribution in [3.05, 3.63) is 90.4 Å². The molecular weight excluding hydrogens is 425 g/mol. The number of halogens is 1. The number of rotatable bonds is 5. The first-order chi connectivity index (χ1) is 15.6. The monoisotopic (exact) mass is 443 g/mol. The van der Waals surface area contributed by atoms with Gasteiger partial charge in [0.05, 0.1) is 16.6 Å². The lowest BCUT2D eigenvalue weighted by molar-refractivity contribution is -0.121. The zero-order valence-electron chi connectivity index (χ0n) is 16.9. The Morgan fingerprint density at radius 1 is 1.03 bits per heavy atom. The fourth-order valence-electron chi connectivity index (χ4n) is 3.64. The van der Waals surface area contributed by atoms with E-state index in [2.05, 4.69) is 9.98 Å². The van der Waals surface area contributed by atoms with Crippen LogP contribution in [0.5, 0.6) is 0 Å². The molecule has 1 aromatic heterocycles. The van der Waals surface area contributed by atoms with Gasteiger partial charge in [-0.2, -0.15) is 0 Å². The van der Waals surface area contributed by atoms with Gasteiger partial charge in [0.25, 0.3) is 0 Å². The van der Waals surface area contributed by atoms with Crippen molar-refractivity contribution in [2.75, 3.05) is 4.90 Å². The molecule has 5 nitrogen and oxygen atoms in total. The fourth-order valence-corrected chi connectivity index (χ4v) is 4.70. The highest BCUT2D eigenvalue weighted by Gasteiger charge is 2.40. The van der Waals surface area contributed by atoms with Crippen molar-refractivity contribution in [3.8, 4) is 0 Å². The third-order valence-corrected chi connectivity index (χ3v) is 6.47. The molecule has 158 valence electrons. The number of amides is 2. The van der Waals surface area contributed by atoms with Crippen molar-refractivity contribution in [1.82, 2.24) is 4.98 Å². The number of hydrogen-bond acceptors (Lipinski definition) is 4. The van der Waals surface area contributed by atoms with E-state index in [4.69, 9.17) is 0 Å². The number of fused-ring (bicyclic) bond motifs is 1. The molecule has 5 rings (SSSR count). The number of anilines is 1. The number of benzene rings is 3. The maximum absolute atomic E-state index is 13.7. The number of aromatic nitrogens is 1. The average molecular weight is 444 g/mol. The molecule has 0 bridgehead atoms. The van der Waals surface area contributed by atoms with Gasteiger partial charge in [-0.05, 0) is 53.9 Å². The van der Waals surface area contributed by atoms with Crippen LogP contribution in [-0.4, -0.2) is 28.3 Å². The van der Waals surface area contributed by atoms with Crippen LogP contribution in [0.1, 0.15) is 12.0 Å². The lowest BCUT2D eigenvalue weighted by Crippen LogP contribution is -2.31. The topological polar surface area (TPSA) is 65.5 Å². The van der Waals surface area contributed by atoms with Gasteiger partial charge >= 0.3 is 0 Å². The highest BCUT2D eigenvalue weighted by Crippen LogP contribution is 2.35. The number of hydrogen-bond donors (Lipinski definition) is 1. The molecule has 1 atom stereocenters. The molecule has 0 saturated carbocycles. The van der Waals surface area contributed by atoms with Crippen molar-refractivity contribution in [2.45, 2.75) is 16.6 Å². The summed E-state index contributed by atoms with van der Waals surface area (Å²) in [6, 6.07) is 21.2. The van der Waals surface area contributed by atoms with Gasteiger partial charge in [-0.3, -0.25) is 14.6 Å². The fraction of sp³-hybridized carbons (Fsp3) is 0.0800. The maximum Gasteiger partial charge on any atom is 0.247 e. The second kappa shape index (κ2) is 8.43. The van der Waals surface area contributed by atoms with E-state index < -0.39 is 5.25 Å². The summed E-state index contributed by atoms with van der Waals surface area (Å²) in [4.78, 5) is 35.1. The highest BCUT2D eigenvalue weighted by atomic mass is 32.2. The molecule has 1 unspecified atom stereocenters. The van der Waals surface area contributed by atoms with Crippen molar-refractivity contribution < 1.29 is 14.0 Å². The average Bonchev–Trinajstić information content (AvgIpc) is 3.37. The smallest absolute Gasteiger partial charge is 0.247 e. The third kappa shape index (κ3) is 3.94. The van der Waals surface area contributed by atoms with Gasteiger partial charge in [-0.25, -0.2) is 9.29 Å². The number of aromatic amines is 1. The Morgan fingerprint density at radius 2 is 1.84 bits per heavy atom. The number of carbonyl (C=O) groups is 2. The second-order valence-electron chi connectivity index (χ2n) is 7.40. The molecule has 32 heavy (non-hydrogen) atoms. The van der Waals surface area contributed by atoms with E-state index >= 15 is 0 Å². The number of aliphatic imine (C=N–C) groups is 1. The highest BCUT2D eigenvalue weighted by molar-refractivity contribution is 8.00. The summed E-state index contributed by atoms with van der Waals surface area (Å²) in [6.45, 7) is 0. The van der Waals surface area contributed by atoms with Crippen LogP contribution < -0.4 is 4.90 Å². The number of carbonyl (C=O) groups excluding carboxylic acids is 2. The van der Waals surface area contributed by atoms with Crippen LogP contribution in [0.25, 0.3) is 10.9 Å². The minimum Gasteiger partial charge on any atom is -0.361 e. The van der Waals surface area contributed by atoms with Crippen LogP contribution in [-0.2, 0) is 9.59 Å². The molecule has 1 fully saturated rings. The minimum atomic E-state index is -0.477. The second-order valence-corrected chi connectivity index (χ2v) is 8.68. The molecule has 0 radical (unpaired) electrons. The largest absolute Gasteiger partial charge is 0.361 e. The van der Waals surface area contributed by atoms with E-state index in [0.29, 0.717) is 16.9 Å². The molecular formula is C25H18FN3O2S. The van der Waals surface area contributed by atoms with E-state index in [1.54, 1.807) is 36.4 Å². The summed E-state index contributed by atoms with van der Waals surface area (Å²) in [6.07, 6.45) is 3.46. The molecule has 4 aromatic rings. The Hall–Kier alpha value is -3.71. The summed E-state index contributed by atoms with van der Waals surface area (Å²) in [5.41, 5.74) is 2.55. The standard InChI is InChI=1S/C25H18FN3O2S/c26-21-4-2-1-3-17(21)15-28-18-6-9-20(10-7-18)32-23-14-24(30)29(25(23)31)19-8-5-16-11-12-27-22(16)13-19/h1-13,15,23,27H,14H2. The zero-order chi connectivity index (χ0) is 22.1. The van der Waals surface area contributed by atoms with Crippen LogP contribution in [0.3, 0.4) is 0 Å². The lowest BCUT2D eigenvalue weighted by Gasteiger charge is -2.15. The Bertz CT molecular complexity index is 1350. The number of nitrogens with one attached hydrogen (secondary N) is 1. The Labute approximate surface area is 188 Å². The van der Waals surface area contributed by atoms with E-state index in [1.807, 2.05) is 36.5 Å². The minimum absolute atomic E-state index is 0.152. The summed E-state index contributed by atoms with van der Waals surface area (Å²) < 4.78 is 13.7. The summed E-state index contributed by atoms with van der Waals surface area (Å²) in [5.74, 6) is -0.745. The Kier molecular flexibility index (Phi) is 5.33. The van der Waals surface area contributed by atoms with Crippen molar-refractivity contribution in [2.24, 2.45) is 4.99 Å². The molecule has 3 aromatic carbocycles. The van der Waals surface area contributed by atoms with E-state index in [1.165, 1.54) is 28.9 Å². The molecule has 0 aliphatic carbocycles. The van der Waals surface area contributed by atoms with Gasteiger partial charge in [0.2, 0.25) is 11.8 Å². The van der Waals surface area contributed by atoms with Crippen LogP contribution in [0.2, 0.25) is 0 Å². The number of H-pyrrole nitrogens is 1. The number of nitrogens with zero attached hydrogens (tertiary/aromatic N) is 2. The van der Waals surface area contributed by atoms with Gasteiger partial charge in [0, 0.05) is 34.8 Å². The SMILES string of the molecule is O=C1CC(Sc2ccc(N=Cc3ccccc3F)cc2)C(=O)N1c1ccc2cc[nH]c2c1. The van der Waals surface area contributed by atoms with E-state index in [0.717, 1.165) is 15.8 Å². The quantitative estimate of drug-likeness (QED) is 0.328. The van der Waals surface area contributed by atoms with Crippen LogP contribution in [0.15, 0.2) is 88.9 Å². The maximum atomic E-state index is 13.7. The molecule has 1 aliphatic heterocycles. The van der Waals surface area contributed by atoms with Gasteiger partial charge in [0.1, 0.15) is 5.82 Å². The lowest BCUT2D eigenvalue weighted by atomic mass is 10.2. The number of thioether (sulfide) groups is 1. The van der Waals surface area contributed by atoms with E-state index in [-0.39, 0.29) is 24.1 Å². The molecule has 2 amide bonds. The normalized spacial score (nSPS) is 16.5.